The highest BCUT2D eigenvalue weighted by Gasteiger charge is 2.26. The summed E-state index contributed by atoms with van der Waals surface area (Å²) in [6.07, 6.45) is 0.242. The lowest BCUT2D eigenvalue weighted by Crippen LogP contribution is -2.41. The fraction of sp³-hybridized carbons (Fsp3) is 0.444. The zero-order valence-corrected chi connectivity index (χ0v) is 10.8. The third-order valence-electron chi connectivity index (χ3n) is 2.21. The minimum atomic E-state index is -4.07. The molecule has 0 fully saturated rings. The summed E-state index contributed by atoms with van der Waals surface area (Å²) in [4.78, 5) is 27.4. The van der Waals surface area contributed by atoms with E-state index in [1.54, 1.807) is 0 Å². The van der Waals surface area contributed by atoms with E-state index >= 15 is 0 Å². The summed E-state index contributed by atoms with van der Waals surface area (Å²) in [5.41, 5.74) is 0. The summed E-state index contributed by atoms with van der Waals surface area (Å²) in [6, 6.07) is -1.51. The molecule has 0 aliphatic heterocycles. The minimum absolute atomic E-state index is 0.272. The Bertz CT molecular complexity index is 579. The number of carboxylic acids is 2. The number of aromatic amines is 1. The number of rotatable bonds is 7. The van der Waals surface area contributed by atoms with Crippen LogP contribution in [0.1, 0.15) is 18.7 Å². The average Bonchev–Trinajstić information content (AvgIpc) is 2.71. The zero-order valence-electron chi connectivity index (χ0n) is 9.95. The molecule has 0 amide bonds. The number of aryl methyl sites for hydroxylation is 1. The van der Waals surface area contributed by atoms with Crippen LogP contribution in [0.25, 0.3) is 0 Å². The van der Waals surface area contributed by atoms with Crippen LogP contribution in [-0.2, 0) is 19.6 Å². The van der Waals surface area contributed by atoms with Crippen molar-refractivity contribution in [1.29, 1.82) is 0 Å². The van der Waals surface area contributed by atoms with E-state index < -0.39 is 34.4 Å². The maximum absolute atomic E-state index is 11.8. The second kappa shape index (κ2) is 5.80. The lowest BCUT2D eigenvalue weighted by molar-refractivity contribution is -0.140. The first-order valence-corrected chi connectivity index (χ1v) is 6.69. The molecule has 9 nitrogen and oxygen atoms in total. The molecule has 1 atom stereocenters. The van der Waals surface area contributed by atoms with Gasteiger partial charge < -0.3 is 15.2 Å². The number of carboxylic acid groups (broad SMARTS) is 2. The van der Waals surface area contributed by atoms with Crippen LogP contribution < -0.4 is 4.72 Å². The molecule has 19 heavy (non-hydrogen) atoms. The SMILES string of the molecule is Cc1ncc(S(=O)(=O)NC(CCC(=O)O)C(=O)O)[nH]1. The van der Waals surface area contributed by atoms with Crippen molar-refractivity contribution < 1.29 is 28.2 Å². The third-order valence-corrected chi connectivity index (χ3v) is 3.59. The van der Waals surface area contributed by atoms with Gasteiger partial charge in [0.15, 0.2) is 5.03 Å². The standard InChI is InChI=1S/C9H13N3O6S/c1-5-10-4-7(11-5)19(17,18)12-6(9(15)16)2-3-8(13)14/h4,6,12H,2-3H2,1H3,(H,10,11)(H,13,14)(H,15,16). The normalized spacial score (nSPS) is 13.1. The van der Waals surface area contributed by atoms with Crippen LogP contribution in [0.3, 0.4) is 0 Å². The average molecular weight is 291 g/mol. The number of nitrogens with zero attached hydrogens (tertiary/aromatic N) is 1. The summed E-state index contributed by atoms with van der Waals surface area (Å²) in [7, 11) is -4.07. The largest absolute Gasteiger partial charge is 0.481 e. The lowest BCUT2D eigenvalue weighted by atomic mass is 10.2. The molecule has 0 spiro atoms. The highest BCUT2D eigenvalue weighted by atomic mass is 32.2. The molecule has 1 unspecified atom stereocenters. The van der Waals surface area contributed by atoms with Crippen LogP contribution in [0.15, 0.2) is 11.2 Å². The van der Waals surface area contributed by atoms with Crippen molar-refractivity contribution in [3.8, 4) is 0 Å². The van der Waals surface area contributed by atoms with Crippen LogP contribution in [0.4, 0.5) is 0 Å². The van der Waals surface area contributed by atoms with Crippen LogP contribution in [0, 0.1) is 6.92 Å². The molecule has 10 heteroatoms. The Labute approximate surface area is 108 Å². The molecule has 0 radical (unpaired) electrons. The molecule has 4 N–H and O–H groups in total. The number of sulfonamides is 1. The number of carbonyl (C=O) groups is 2. The Morgan fingerprint density at radius 3 is 2.53 bits per heavy atom. The molecule has 0 saturated carbocycles. The Kier molecular flexibility index (Phi) is 4.62. The number of aromatic nitrogens is 2. The van der Waals surface area contributed by atoms with Crippen molar-refractivity contribution in [1.82, 2.24) is 14.7 Å². The number of hydrogen-bond acceptors (Lipinski definition) is 5. The van der Waals surface area contributed by atoms with Crippen LogP contribution in [0.5, 0.6) is 0 Å². The van der Waals surface area contributed by atoms with Gasteiger partial charge in [-0.25, -0.2) is 13.4 Å². The minimum Gasteiger partial charge on any atom is -0.481 e. The van der Waals surface area contributed by atoms with Crippen molar-refractivity contribution in [2.75, 3.05) is 0 Å². The van der Waals surface area contributed by atoms with Gasteiger partial charge in [-0.1, -0.05) is 0 Å². The maximum atomic E-state index is 11.8. The molecule has 0 aliphatic rings. The van der Waals surface area contributed by atoms with Crippen LogP contribution in [-0.4, -0.2) is 46.6 Å². The predicted octanol–water partition coefficient (Wildman–Crippen LogP) is -0.686. The summed E-state index contributed by atoms with van der Waals surface area (Å²) < 4.78 is 25.5. The van der Waals surface area contributed by atoms with Gasteiger partial charge in [0.25, 0.3) is 10.0 Å². The second-order valence-electron chi connectivity index (χ2n) is 3.78. The van der Waals surface area contributed by atoms with Gasteiger partial charge in [-0.2, -0.15) is 4.72 Å². The van der Waals surface area contributed by atoms with Crippen LogP contribution in [0.2, 0.25) is 0 Å². The Balaban J connectivity index is 2.84. The molecule has 0 bridgehead atoms. The molecule has 0 saturated heterocycles. The zero-order chi connectivity index (χ0) is 14.6. The summed E-state index contributed by atoms with van der Waals surface area (Å²) in [5.74, 6) is -2.29. The number of H-pyrrole nitrogens is 1. The molecule has 0 aromatic carbocycles. The van der Waals surface area contributed by atoms with Crippen molar-refractivity contribution in [3.63, 3.8) is 0 Å². The number of imidazole rings is 1. The van der Waals surface area contributed by atoms with E-state index in [2.05, 4.69) is 9.97 Å². The van der Waals surface area contributed by atoms with E-state index in [0.29, 0.717) is 5.82 Å². The van der Waals surface area contributed by atoms with E-state index in [-0.39, 0.29) is 11.4 Å². The lowest BCUT2D eigenvalue weighted by Gasteiger charge is -2.12. The quantitative estimate of drug-likeness (QED) is 0.519. The van der Waals surface area contributed by atoms with Crippen molar-refractivity contribution in [2.24, 2.45) is 0 Å². The van der Waals surface area contributed by atoms with Gasteiger partial charge in [0, 0.05) is 6.42 Å². The fourth-order valence-electron chi connectivity index (χ4n) is 1.29. The Hall–Kier alpha value is -1.94. The van der Waals surface area contributed by atoms with Crippen molar-refractivity contribution in [2.45, 2.75) is 30.8 Å². The van der Waals surface area contributed by atoms with E-state index in [9.17, 15) is 18.0 Å². The van der Waals surface area contributed by atoms with Gasteiger partial charge in [0.2, 0.25) is 0 Å². The van der Waals surface area contributed by atoms with Crippen molar-refractivity contribution in [3.05, 3.63) is 12.0 Å². The van der Waals surface area contributed by atoms with Crippen LogP contribution >= 0.6 is 0 Å². The first-order valence-electron chi connectivity index (χ1n) is 5.21. The second-order valence-corrected chi connectivity index (χ2v) is 5.46. The van der Waals surface area contributed by atoms with Gasteiger partial charge in [0.1, 0.15) is 11.9 Å². The Morgan fingerprint density at radius 1 is 1.47 bits per heavy atom. The Morgan fingerprint density at radius 2 is 2.11 bits per heavy atom. The molecular formula is C9H13N3O6S. The smallest absolute Gasteiger partial charge is 0.321 e. The fourth-order valence-corrected chi connectivity index (χ4v) is 2.48. The summed E-state index contributed by atoms with van der Waals surface area (Å²) >= 11 is 0. The first-order chi connectivity index (χ1) is 8.72. The highest BCUT2D eigenvalue weighted by molar-refractivity contribution is 7.89. The van der Waals surface area contributed by atoms with E-state index in [1.807, 2.05) is 4.72 Å². The number of aliphatic carboxylic acids is 2. The molecule has 1 rings (SSSR count). The molecule has 1 aromatic rings. The van der Waals surface area contributed by atoms with Gasteiger partial charge in [-0.3, -0.25) is 9.59 Å². The monoisotopic (exact) mass is 291 g/mol. The number of nitrogens with one attached hydrogen (secondary N) is 2. The van der Waals surface area contributed by atoms with Gasteiger partial charge >= 0.3 is 11.9 Å². The predicted molar refractivity (Wildman–Crippen MR) is 61.9 cm³/mol. The van der Waals surface area contributed by atoms with Gasteiger partial charge in [0.05, 0.1) is 6.20 Å². The van der Waals surface area contributed by atoms with Crippen molar-refractivity contribution >= 4 is 22.0 Å². The molecule has 1 heterocycles. The molecule has 0 aliphatic carbocycles. The van der Waals surface area contributed by atoms with Gasteiger partial charge in [-0.05, 0) is 13.3 Å². The first kappa shape index (κ1) is 15.1. The van der Waals surface area contributed by atoms with E-state index in [1.165, 1.54) is 6.92 Å². The molecular weight excluding hydrogens is 278 g/mol. The van der Waals surface area contributed by atoms with E-state index in [0.717, 1.165) is 6.20 Å². The topological polar surface area (TPSA) is 149 Å². The molecule has 106 valence electrons. The number of hydrogen-bond donors (Lipinski definition) is 4. The maximum Gasteiger partial charge on any atom is 0.321 e. The third kappa shape index (κ3) is 4.34. The molecule has 1 aromatic heterocycles. The highest BCUT2D eigenvalue weighted by Crippen LogP contribution is 2.08. The van der Waals surface area contributed by atoms with E-state index in [4.69, 9.17) is 10.2 Å². The van der Waals surface area contributed by atoms with Gasteiger partial charge in [-0.15, -0.1) is 0 Å². The summed E-state index contributed by atoms with van der Waals surface area (Å²) in [6.45, 7) is 1.54. The summed E-state index contributed by atoms with van der Waals surface area (Å²) in [5, 5.41) is 17.1.